The molecule has 154 valence electrons. The predicted octanol–water partition coefficient (Wildman–Crippen LogP) is 2.35. The molecule has 2 amide bonds. The van der Waals surface area contributed by atoms with E-state index >= 15 is 0 Å². The number of amides is 2. The van der Waals surface area contributed by atoms with Gasteiger partial charge in [0.2, 0.25) is 6.79 Å². The molecule has 0 atom stereocenters. The minimum atomic E-state index is -3.73. The number of nitrogens with one attached hydrogen (secondary N) is 3. The van der Waals surface area contributed by atoms with Gasteiger partial charge in [-0.3, -0.25) is 25.2 Å². The van der Waals surface area contributed by atoms with E-state index in [2.05, 4.69) is 15.6 Å². The van der Waals surface area contributed by atoms with Gasteiger partial charge in [-0.2, -0.15) is 0 Å². The number of thiophene rings is 1. The van der Waals surface area contributed by atoms with Crippen LogP contribution in [0.3, 0.4) is 0 Å². The van der Waals surface area contributed by atoms with E-state index in [4.69, 9.17) is 9.47 Å². The maximum atomic E-state index is 12.4. The zero-order valence-corrected chi connectivity index (χ0v) is 16.9. The maximum absolute atomic E-state index is 12.4. The molecule has 1 aliphatic rings. The van der Waals surface area contributed by atoms with Crippen LogP contribution in [-0.2, 0) is 10.0 Å². The number of carbonyl (C=O) groups is 2. The molecule has 2 aromatic carbocycles. The monoisotopic (exact) mass is 445 g/mol. The smallest absolute Gasteiger partial charge is 0.271 e. The van der Waals surface area contributed by atoms with Gasteiger partial charge in [0.05, 0.1) is 0 Å². The van der Waals surface area contributed by atoms with E-state index in [9.17, 15) is 18.0 Å². The van der Waals surface area contributed by atoms with Crippen LogP contribution in [0.4, 0.5) is 5.69 Å². The molecule has 2 heterocycles. The number of fused-ring (bicyclic) bond motifs is 1. The summed E-state index contributed by atoms with van der Waals surface area (Å²) in [5.74, 6) is -0.172. The van der Waals surface area contributed by atoms with Crippen LogP contribution in [0.1, 0.15) is 20.7 Å². The Kier molecular flexibility index (Phi) is 5.29. The number of carbonyl (C=O) groups excluding carboxylic acids is 2. The van der Waals surface area contributed by atoms with Crippen LogP contribution in [0.2, 0.25) is 0 Å². The average molecular weight is 445 g/mol. The average Bonchev–Trinajstić information content (AvgIpc) is 3.43. The second kappa shape index (κ2) is 8.05. The molecule has 0 aliphatic carbocycles. The fourth-order valence-corrected chi connectivity index (χ4v) is 4.68. The quantitative estimate of drug-likeness (QED) is 0.518. The minimum absolute atomic E-state index is 0.0870. The summed E-state index contributed by atoms with van der Waals surface area (Å²) in [6.07, 6.45) is 0. The Labute approximate surface area is 175 Å². The third-order valence-corrected chi connectivity index (χ3v) is 6.84. The molecule has 0 radical (unpaired) electrons. The number of benzene rings is 2. The molecule has 1 aromatic heterocycles. The third kappa shape index (κ3) is 4.21. The van der Waals surface area contributed by atoms with Crippen LogP contribution in [0.15, 0.2) is 64.2 Å². The van der Waals surface area contributed by atoms with Gasteiger partial charge >= 0.3 is 0 Å². The number of ether oxygens (including phenoxy) is 2. The van der Waals surface area contributed by atoms with Gasteiger partial charge in [0.25, 0.3) is 21.8 Å². The van der Waals surface area contributed by atoms with Crippen molar-refractivity contribution in [1.29, 1.82) is 0 Å². The van der Waals surface area contributed by atoms with Gasteiger partial charge in [-0.05, 0) is 47.8 Å². The zero-order valence-electron chi connectivity index (χ0n) is 15.2. The molecule has 1 aliphatic heterocycles. The fraction of sp³-hybridized carbons (Fsp3) is 0.0526. The molecular weight excluding hydrogens is 430 g/mol. The van der Waals surface area contributed by atoms with Crippen LogP contribution >= 0.6 is 11.3 Å². The topological polar surface area (TPSA) is 123 Å². The van der Waals surface area contributed by atoms with Crippen LogP contribution in [0.5, 0.6) is 11.5 Å². The van der Waals surface area contributed by atoms with Crippen LogP contribution in [-0.4, -0.2) is 27.0 Å². The van der Waals surface area contributed by atoms with Crippen LogP contribution in [0.25, 0.3) is 0 Å². The van der Waals surface area contributed by atoms with Crippen molar-refractivity contribution >= 4 is 38.9 Å². The lowest BCUT2D eigenvalue weighted by molar-refractivity contribution is 0.0846. The summed E-state index contributed by atoms with van der Waals surface area (Å²) < 4.78 is 37.6. The van der Waals surface area contributed by atoms with Crippen molar-refractivity contribution in [2.45, 2.75) is 4.21 Å². The molecule has 9 nitrogen and oxygen atoms in total. The molecule has 0 saturated carbocycles. The van der Waals surface area contributed by atoms with Gasteiger partial charge in [-0.15, -0.1) is 11.3 Å². The van der Waals surface area contributed by atoms with Crippen LogP contribution < -0.4 is 25.0 Å². The summed E-state index contributed by atoms with van der Waals surface area (Å²) in [5.41, 5.74) is 5.26. The number of hydrogen-bond donors (Lipinski definition) is 3. The standard InChI is InChI=1S/C19H15N3O6S2/c23-18(20-21-19(24)13-6-7-15-16(10-13)28-11-27-15)12-3-1-4-14(9-12)22-30(25,26)17-5-2-8-29-17/h1-10,22H,11H2,(H,20,23)(H,21,24). The highest BCUT2D eigenvalue weighted by atomic mass is 32.2. The molecule has 0 bridgehead atoms. The second-order valence-electron chi connectivity index (χ2n) is 6.09. The molecule has 0 saturated heterocycles. The molecule has 11 heteroatoms. The van der Waals surface area contributed by atoms with Crippen molar-refractivity contribution in [1.82, 2.24) is 10.9 Å². The van der Waals surface area contributed by atoms with Gasteiger partial charge in [0, 0.05) is 16.8 Å². The molecule has 3 N–H and O–H groups in total. The summed E-state index contributed by atoms with van der Waals surface area (Å²) in [4.78, 5) is 24.6. The normalized spacial score (nSPS) is 12.3. The van der Waals surface area contributed by atoms with Crippen molar-refractivity contribution in [2.75, 3.05) is 11.5 Å². The van der Waals surface area contributed by atoms with E-state index in [1.165, 1.54) is 42.5 Å². The lowest BCUT2D eigenvalue weighted by Gasteiger charge is -2.10. The first-order valence-electron chi connectivity index (χ1n) is 8.59. The first kappa shape index (κ1) is 19.7. The Hall–Kier alpha value is -3.57. The Balaban J connectivity index is 1.40. The Bertz CT molecular complexity index is 1210. The molecule has 0 spiro atoms. The fourth-order valence-electron chi connectivity index (χ4n) is 2.64. The van der Waals surface area contributed by atoms with E-state index in [1.807, 2.05) is 0 Å². The van der Waals surface area contributed by atoms with E-state index < -0.39 is 21.8 Å². The predicted molar refractivity (Wildman–Crippen MR) is 109 cm³/mol. The van der Waals surface area contributed by atoms with Crippen LogP contribution in [0, 0.1) is 0 Å². The van der Waals surface area contributed by atoms with Gasteiger partial charge in [0.15, 0.2) is 11.5 Å². The Morgan fingerprint density at radius 2 is 1.60 bits per heavy atom. The van der Waals surface area contributed by atoms with E-state index in [0.717, 1.165) is 11.3 Å². The molecular formula is C19H15N3O6S2. The Morgan fingerprint density at radius 3 is 2.33 bits per heavy atom. The molecule has 0 unspecified atom stereocenters. The van der Waals surface area contributed by atoms with Crippen molar-refractivity contribution < 1.29 is 27.5 Å². The first-order valence-corrected chi connectivity index (χ1v) is 11.0. The van der Waals surface area contributed by atoms with Gasteiger partial charge in [-0.1, -0.05) is 12.1 Å². The SMILES string of the molecule is O=C(NNC(=O)c1ccc2c(c1)OCO2)c1cccc(NS(=O)(=O)c2cccs2)c1. The van der Waals surface area contributed by atoms with E-state index in [-0.39, 0.29) is 27.8 Å². The lowest BCUT2D eigenvalue weighted by Crippen LogP contribution is -2.41. The summed E-state index contributed by atoms with van der Waals surface area (Å²) in [7, 11) is -3.73. The maximum Gasteiger partial charge on any atom is 0.271 e. The van der Waals surface area contributed by atoms with Gasteiger partial charge < -0.3 is 9.47 Å². The Morgan fingerprint density at radius 1 is 0.867 bits per heavy atom. The third-order valence-electron chi connectivity index (χ3n) is 4.06. The van der Waals surface area contributed by atoms with Gasteiger partial charge in [-0.25, -0.2) is 8.42 Å². The first-order chi connectivity index (χ1) is 14.4. The van der Waals surface area contributed by atoms with Crippen molar-refractivity contribution in [3.63, 3.8) is 0 Å². The van der Waals surface area contributed by atoms with E-state index in [1.54, 1.807) is 17.5 Å². The number of rotatable bonds is 5. The molecule has 3 aromatic rings. The van der Waals surface area contributed by atoms with E-state index in [0.29, 0.717) is 11.5 Å². The number of anilines is 1. The highest BCUT2D eigenvalue weighted by Gasteiger charge is 2.18. The summed E-state index contributed by atoms with van der Waals surface area (Å²) >= 11 is 1.08. The summed E-state index contributed by atoms with van der Waals surface area (Å²) in [5, 5.41) is 1.65. The highest BCUT2D eigenvalue weighted by molar-refractivity contribution is 7.94. The summed E-state index contributed by atoms with van der Waals surface area (Å²) in [6, 6.07) is 13.7. The zero-order chi connectivity index (χ0) is 21.1. The summed E-state index contributed by atoms with van der Waals surface area (Å²) in [6.45, 7) is 0.0870. The molecule has 4 rings (SSSR count). The molecule has 0 fully saturated rings. The number of hydrogen-bond acceptors (Lipinski definition) is 7. The molecule has 30 heavy (non-hydrogen) atoms. The minimum Gasteiger partial charge on any atom is -0.454 e. The second-order valence-corrected chi connectivity index (χ2v) is 8.95. The van der Waals surface area contributed by atoms with Gasteiger partial charge in [0.1, 0.15) is 4.21 Å². The van der Waals surface area contributed by atoms with Crippen molar-refractivity contribution in [2.24, 2.45) is 0 Å². The highest BCUT2D eigenvalue weighted by Crippen LogP contribution is 2.32. The van der Waals surface area contributed by atoms with Crippen molar-refractivity contribution in [3.8, 4) is 11.5 Å². The van der Waals surface area contributed by atoms with Crippen molar-refractivity contribution in [3.05, 3.63) is 71.1 Å². The lowest BCUT2D eigenvalue weighted by atomic mass is 10.2. The largest absolute Gasteiger partial charge is 0.454 e. The number of hydrazine groups is 1. The number of sulfonamides is 1.